The summed E-state index contributed by atoms with van der Waals surface area (Å²) in [7, 11) is 0. The van der Waals surface area contributed by atoms with E-state index in [-0.39, 0.29) is 12.5 Å². The molecule has 2 rings (SSSR count). The lowest BCUT2D eigenvalue weighted by Gasteiger charge is -2.14. The van der Waals surface area contributed by atoms with E-state index in [1.165, 1.54) is 29.7 Å². The van der Waals surface area contributed by atoms with Gasteiger partial charge in [-0.2, -0.15) is 13.2 Å². The zero-order chi connectivity index (χ0) is 14.6. The summed E-state index contributed by atoms with van der Waals surface area (Å²) >= 11 is 1.72. The fourth-order valence-electron chi connectivity index (χ4n) is 2.68. The smallest absolute Gasteiger partial charge is 0.271 e. The van der Waals surface area contributed by atoms with Crippen LogP contribution in [-0.2, 0) is 12.8 Å². The molecule has 1 aliphatic rings. The fourth-order valence-corrected chi connectivity index (χ4v) is 4.03. The van der Waals surface area contributed by atoms with Crippen LogP contribution in [-0.4, -0.2) is 6.18 Å². The number of hydrogen-bond donors (Lipinski definition) is 2. The second-order valence-corrected chi connectivity index (χ2v) is 6.55. The fraction of sp³-hybridized carbons (Fsp3) is 0.714. The third-order valence-corrected chi connectivity index (χ3v) is 5.11. The van der Waals surface area contributed by atoms with Crippen molar-refractivity contribution in [1.82, 2.24) is 5.43 Å². The number of nitrogens with one attached hydrogen (secondary N) is 1. The van der Waals surface area contributed by atoms with Crippen LogP contribution in [0.3, 0.4) is 0 Å². The van der Waals surface area contributed by atoms with Gasteiger partial charge in [0.2, 0.25) is 0 Å². The average molecular weight is 306 g/mol. The van der Waals surface area contributed by atoms with E-state index in [4.69, 9.17) is 5.84 Å². The molecule has 0 spiro atoms. The van der Waals surface area contributed by atoms with Crippen molar-refractivity contribution in [1.29, 1.82) is 0 Å². The lowest BCUT2D eigenvalue weighted by molar-refractivity contribution is -0.135. The molecule has 0 saturated carbocycles. The zero-order valence-electron chi connectivity index (χ0n) is 11.4. The number of rotatable bonds is 5. The van der Waals surface area contributed by atoms with Crippen LogP contribution in [0.4, 0.5) is 13.2 Å². The summed E-state index contributed by atoms with van der Waals surface area (Å²) in [5, 5.41) is 0. The van der Waals surface area contributed by atoms with E-state index in [2.05, 4.69) is 11.5 Å². The first-order valence-electron chi connectivity index (χ1n) is 7.14. The van der Waals surface area contributed by atoms with Crippen LogP contribution in [0.25, 0.3) is 0 Å². The minimum Gasteiger partial charge on any atom is -0.271 e. The van der Waals surface area contributed by atoms with Crippen molar-refractivity contribution < 1.29 is 13.2 Å². The quantitative estimate of drug-likeness (QED) is 0.485. The first kappa shape index (κ1) is 15.8. The first-order valence-corrected chi connectivity index (χ1v) is 7.95. The third-order valence-electron chi connectivity index (χ3n) is 3.76. The number of hydrogen-bond acceptors (Lipinski definition) is 3. The molecular formula is C14H21F3N2S. The number of nitrogens with two attached hydrogens (primary N) is 1. The highest BCUT2D eigenvalue weighted by Gasteiger charge is 2.27. The highest BCUT2D eigenvalue weighted by Crippen LogP contribution is 2.34. The molecule has 1 aromatic rings. The molecule has 1 unspecified atom stereocenters. The van der Waals surface area contributed by atoms with Gasteiger partial charge in [0.15, 0.2) is 0 Å². The maximum Gasteiger partial charge on any atom is 0.389 e. The number of thiophene rings is 1. The van der Waals surface area contributed by atoms with Crippen molar-refractivity contribution >= 4 is 11.3 Å². The largest absolute Gasteiger partial charge is 0.389 e. The van der Waals surface area contributed by atoms with Gasteiger partial charge in [-0.25, -0.2) is 0 Å². The van der Waals surface area contributed by atoms with E-state index in [0.29, 0.717) is 6.42 Å². The summed E-state index contributed by atoms with van der Waals surface area (Å²) in [6, 6.07) is 1.98. The molecule has 0 aliphatic heterocycles. The van der Waals surface area contributed by atoms with Crippen LogP contribution in [0, 0.1) is 0 Å². The van der Waals surface area contributed by atoms with E-state index in [0.717, 1.165) is 17.7 Å². The molecule has 0 aromatic carbocycles. The minimum atomic E-state index is -4.08. The molecule has 1 atom stereocenters. The first-order chi connectivity index (χ1) is 9.49. The van der Waals surface area contributed by atoms with Gasteiger partial charge < -0.3 is 0 Å². The topological polar surface area (TPSA) is 38.0 Å². The van der Waals surface area contributed by atoms with Gasteiger partial charge >= 0.3 is 6.18 Å². The van der Waals surface area contributed by atoms with Crippen molar-refractivity contribution in [3.63, 3.8) is 0 Å². The number of alkyl halides is 3. The highest BCUT2D eigenvalue weighted by molar-refractivity contribution is 7.12. The lowest BCUT2D eigenvalue weighted by atomic mass is 10.1. The Morgan fingerprint density at radius 2 is 2.00 bits per heavy atom. The Bertz CT molecular complexity index is 405. The number of fused-ring (bicyclic) bond motifs is 1. The second kappa shape index (κ2) is 6.91. The van der Waals surface area contributed by atoms with Crippen molar-refractivity contribution in [3.05, 3.63) is 21.4 Å². The Morgan fingerprint density at radius 3 is 2.70 bits per heavy atom. The van der Waals surface area contributed by atoms with E-state index < -0.39 is 12.6 Å². The van der Waals surface area contributed by atoms with Crippen LogP contribution in [0.15, 0.2) is 6.07 Å². The van der Waals surface area contributed by atoms with E-state index in [1.807, 2.05) is 0 Å². The van der Waals surface area contributed by atoms with Crippen LogP contribution < -0.4 is 11.3 Å². The van der Waals surface area contributed by atoms with Crippen molar-refractivity contribution in [2.24, 2.45) is 5.84 Å². The second-order valence-electron chi connectivity index (χ2n) is 5.38. The van der Waals surface area contributed by atoms with Gasteiger partial charge in [-0.3, -0.25) is 11.3 Å². The SMILES string of the molecule is NNC(CCCC(F)(F)F)c1cc2c(s1)CCCCC2. The van der Waals surface area contributed by atoms with E-state index in [1.54, 1.807) is 11.3 Å². The van der Waals surface area contributed by atoms with E-state index >= 15 is 0 Å². The molecule has 0 saturated heterocycles. The average Bonchev–Trinajstić information content (AvgIpc) is 2.64. The molecule has 1 aromatic heterocycles. The molecule has 0 radical (unpaired) electrons. The molecule has 114 valence electrons. The van der Waals surface area contributed by atoms with Crippen LogP contribution in [0.5, 0.6) is 0 Å². The van der Waals surface area contributed by atoms with Gasteiger partial charge in [-0.1, -0.05) is 6.42 Å². The Kier molecular flexibility index (Phi) is 5.46. The zero-order valence-corrected chi connectivity index (χ0v) is 12.2. The molecule has 1 heterocycles. The van der Waals surface area contributed by atoms with Crippen molar-refractivity contribution in [3.8, 4) is 0 Å². The Morgan fingerprint density at radius 1 is 1.25 bits per heavy atom. The molecule has 6 heteroatoms. The van der Waals surface area contributed by atoms with E-state index in [9.17, 15) is 13.2 Å². The molecule has 3 N–H and O–H groups in total. The highest BCUT2D eigenvalue weighted by atomic mass is 32.1. The standard InChI is InChI=1S/C14H21F3N2S/c15-14(16,17)8-4-6-11(19-18)13-9-10-5-2-1-3-7-12(10)20-13/h9,11,19H,1-8,18H2. The van der Waals surface area contributed by atoms with Gasteiger partial charge in [-0.05, 0) is 50.2 Å². The molecule has 0 fully saturated rings. The number of aryl methyl sites for hydroxylation is 2. The van der Waals surface area contributed by atoms with Crippen LogP contribution >= 0.6 is 11.3 Å². The molecule has 1 aliphatic carbocycles. The van der Waals surface area contributed by atoms with Gasteiger partial charge in [0.25, 0.3) is 0 Å². The monoisotopic (exact) mass is 306 g/mol. The summed E-state index contributed by atoms with van der Waals surface area (Å²) in [5.74, 6) is 5.52. The summed E-state index contributed by atoms with van der Waals surface area (Å²) in [4.78, 5) is 2.48. The minimum absolute atomic E-state index is 0.112. The van der Waals surface area contributed by atoms with Crippen LogP contribution in [0.2, 0.25) is 0 Å². The van der Waals surface area contributed by atoms with Crippen LogP contribution in [0.1, 0.15) is 59.9 Å². The van der Waals surface area contributed by atoms with Gasteiger partial charge in [0.1, 0.15) is 0 Å². The predicted octanol–water partition coefficient (Wildman–Crippen LogP) is 4.25. The van der Waals surface area contributed by atoms with Gasteiger partial charge in [0, 0.05) is 16.2 Å². The van der Waals surface area contributed by atoms with Gasteiger partial charge in [-0.15, -0.1) is 11.3 Å². The lowest BCUT2D eigenvalue weighted by Crippen LogP contribution is -2.27. The summed E-state index contributed by atoms with van der Waals surface area (Å²) in [6.07, 6.45) is 1.59. The molecule has 20 heavy (non-hydrogen) atoms. The third kappa shape index (κ3) is 4.46. The predicted molar refractivity (Wildman–Crippen MR) is 75.5 cm³/mol. The normalized spacial score (nSPS) is 17.6. The summed E-state index contributed by atoms with van der Waals surface area (Å²) in [5.41, 5.74) is 4.05. The molecule has 2 nitrogen and oxygen atoms in total. The van der Waals surface area contributed by atoms with Crippen molar-refractivity contribution in [2.75, 3.05) is 0 Å². The van der Waals surface area contributed by atoms with Gasteiger partial charge in [0.05, 0.1) is 6.04 Å². The van der Waals surface area contributed by atoms with Crippen molar-refractivity contribution in [2.45, 2.75) is 63.6 Å². The maximum absolute atomic E-state index is 12.2. The Balaban J connectivity index is 1.97. The Hall–Kier alpha value is -0.590. The molecular weight excluding hydrogens is 285 g/mol. The number of halogens is 3. The molecule has 0 bridgehead atoms. The summed E-state index contributed by atoms with van der Waals surface area (Å²) in [6.45, 7) is 0. The Labute approximate surface area is 121 Å². The summed E-state index contributed by atoms with van der Waals surface area (Å²) < 4.78 is 36.6. The molecule has 0 amide bonds. The maximum atomic E-state index is 12.2. The number of hydrazine groups is 1.